The molecule has 2 rings (SSSR count). The minimum Gasteiger partial charge on any atom is -0.464 e. The Balaban J connectivity index is 1.86. The SMILES string of the molecule is CCOC(=O)[C@]1(NC(=O)OC(C)(C)C)C[C@@H](COCc2ccccc2)C1. The summed E-state index contributed by atoms with van der Waals surface area (Å²) in [5, 5.41) is 2.72. The van der Waals surface area contributed by atoms with Crippen LogP contribution >= 0.6 is 0 Å². The second kappa shape index (κ2) is 8.54. The number of carbonyl (C=O) groups is 2. The summed E-state index contributed by atoms with van der Waals surface area (Å²) < 4.78 is 16.2. The second-order valence-corrected chi connectivity index (χ2v) is 7.70. The number of hydrogen-bond donors (Lipinski definition) is 1. The first-order chi connectivity index (χ1) is 12.2. The Morgan fingerprint density at radius 2 is 1.85 bits per heavy atom. The minimum absolute atomic E-state index is 0.193. The molecule has 0 heterocycles. The van der Waals surface area contributed by atoms with Gasteiger partial charge >= 0.3 is 12.1 Å². The van der Waals surface area contributed by atoms with Crippen LogP contribution in [0.4, 0.5) is 4.79 Å². The minimum atomic E-state index is -1.01. The van der Waals surface area contributed by atoms with Gasteiger partial charge in [0, 0.05) is 0 Å². The summed E-state index contributed by atoms with van der Waals surface area (Å²) in [5.74, 6) is -0.219. The molecule has 1 aromatic carbocycles. The molecule has 1 saturated carbocycles. The van der Waals surface area contributed by atoms with Crippen molar-refractivity contribution in [2.75, 3.05) is 13.2 Å². The van der Waals surface area contributed by atoms with Crippen molar-refractivity contribution in [2.45, 2.75) is 58.3 Å². The molecule has 1 aromatic rings. The Morgan fingerprint density at radius 3 is 2.42 bits per heavy atom. The molecule has 6 heteroatoms. The molecule has 0 atom stereocenters. The van der Waals surface area contributed by atoms with Crippen molar-refractivity contribution in [1.29, 1.82) is 0 Å². The van der Waals surface area contributed by atoms with Gasteiger partial charge in [0.1, 0.15) is 11.1 Å². The number of alkyl carbamates (subject to hydrolysis) is 1. The fraction of sp³-hybridized carbons (Fsp3) is 0.600. The average Bonchev–Trinajstić information content (AvgIpc) is 2.51. The predicted octanol–water partition coefficient (Wildman–Crippen LogP) is 3.44. The van der Waals surface area contributed by atoms with Crippen LogP contribution < -0.4 is 5.32 Å². The Hall–Kier alpha value is -2.08. The Bertz CT molecular complexity index is 602. The molecular formula is C20H29NO5. The third-order valence-corrected chi connectivity index (χ3v) is 4.15. The van der Waals surface area contributed by atoms with E-state index < -0.39 is 23.2 Å². The van der Waals surface area contributed by atoms with E-state index >= 15 is 0 Å². The van der Waals surface area contributed by atoms with Crippen molar-refractivity contribution in [1.82, 2.24) is 5.32 Å². The first-order valence-corrected chi connectivity index (χ1v) is 9.04. The van der Waals surface area contributed by atoms with Gasteiger partial charge in [0.25, 0.3) is 0 Å². The van der Waals surface area contributed by atoms with Gasteiger partial charge in [-0.2, -0.15) is 0 Å². The van der Waals surface area contributed by atoms with E-state index in [2.05, 4.69) is 5.32 Å². The van der Waals surface area contributed by atoms with Crippen molar-refractivity contribution in [3.63, 3.8) is 0 Å². The molecule has 144 valence electrons. The van der Waals surface area contributed by atoms with Gasteiger partial charge in [0.05, 0.1) is 19.8 Å². The van der Waals surface area contributed by atoms with E-state index in [9.17, 15) is 9.59 Å². The standard InChI is InChI=1S/C20H29NO5/c1-5-25-17(22)20(21-18(23)26-19(2,3)4)11-16(12-20)14-24-13-15-9-7-6-8-10-15/h6-10,16H,5,11-14H2,1-4H3,(H,21,23)/t16-,20+. The smallest absolute Gasteiger partial charge is 0.408 e. The summed E-state index contributed by atoms with van der Waals surface area (Å²) in [6.07, 6.45) is 0.369. The molecule has 1 fully saturated rings. The van der Waals surface area contributed by atoms with Crippen LogP contribution in [0.3, 0.4) is 0 Å². The lowest BCUT2D eigenvalue weighted by Gasteiger charge is -2.45. The van der Waals surface area contributed by atoms with Crippen molar-refractivity contribution in [3.8, 4) is 0 Å². The van der Waals surface area contributed by atoms with Gasteiger partial charge in [0.15, 0.2) is 0 Å². The van der Waals surface area contributed by atoms with Crippen LogP contribution in [0.15, 0.2) is 30.3 Å². The molecule has 0 spiro atoms. The number of hydrogen-bond acceptors (Lipinski definition) is 5. The van der Waals surface area contributed by atoms with Crippen molar-refractivity contribution in [3.05, 3.63) is 35.9 Å². The molecule has 0 radical (unpaired) electrons. The Kier molecular flexibility index (Phi) is 6.64. The van der Waals surface area contributed by atoms with Crippen LogP contribution in [0.1, 0.15) is 46.1 Å². The topological polar surface area (TPSA) is 73.9 Å². The molecule has 0 saturated heterocycles. The maximum atomic E-state index is 12.4. The van der Waals surface area contributed by atoms with E-state index in [1.165, 1.54) is 0 Å². The third-order valence-electron chi connectivity index (χ3n) is 4.15. The highest BCUT2D eigenvalue weighted by molar-refractivity contribution is 5.87. The average molecular weight is 363 g/mol. The molecule has 0 aromatic heterocycles. The molecular weight excluding hydrogens is 334 g/mol. The lowest BCUT2D eigenvalue weighted by molar-refractivity contribution is -0.159. The maximum Gasteiger partial charge on any atom is 0.408 e. The van der Waals surface area contributed by atoms with Crippen LogP contribution in [-0.4, -0.2) is 36.4 Å². The zero-order chi connectivity index (χ0) is 19.2. The van der Waals surface area contributed by atoms with Crippen molar-refractivity contribution in [2.24, 2.45) is 5.92 Å². The maximum absolute atomic E-state index is 12.4. The van der Waals surface area contributed by atoms with Crippen LogP contribution in [0.5, 0.6) is 0 Å². The molecule has 26 heavy (non-hydrogen) atoms. The van der Waals surface area contributed by atoms with E-state index in [0.29, 0.717) is 26.1 Å². The van der Waals surface area contributed by atoms with Gasteiger partial charge < -0.3 is 19.5 Å². The van der Waals surface area contributed by atoms with Crippen molar-refractivity contribution < 1.29 is 23.8 Å². The molecule has 1 N–H and O–H groups in total. The van der Waals surface area contributed by atoms with Crippen molar-refractivity contribution >= 4 is 12.1 Å². The quantitative estimate of drug-likeness (QED) is 0.751. The summed E-state index contributed by atoms with van der Waals surface area (Å²) in [4.78, 5) is 24.5. The molecule has 0 unspecified atom stereocenters. The number of amides is 1. The predicted molar refractivity (Wildman–Crippen MR) is 97.6 cm³/mol. The van der Waals surface area contributed by atoms with Gasteiger partial charge in [-0.1, -0.05) is 30.3 Å². The normalized spacial score (nSPS) is 22.2. The van der Waals surface area contributed by atoms with E-state index in [4.69, 9.17) is 14.2 Å². The summed E-state index contributed by atoms with van der Waals surface area (Å²) in [5.41, 5.74) is -0.531. The summed E-state index contributed by atoms with van der Waals surface area (Å²) in [6.45, 7) is 8.43. The molecule has 1 aliphatic rings. The van der Waals surface area contributed by atoms with Crippen LogP contribution in [0.2, 0.25) is 0 Å². The number of carbonyl (C=O) groups excluding carboxylic acids is 2. The number of benzene rings is 1. The van der Waals surface area contributed by atoms with Gasteiger partial charge in [-0.3, -0.25) is 0 Å². The summed E-state index contributed by atoms with van der Waals surface area (Å²) in [7, 11) is 0. The first kappa shape index (κ1) is 20.2. The number of esters is 1. The summed E-state index contributed by atoms with van der Waals surface area (Å²) >= 11 is 0. The van der Waals surface area contributed by atoms with Gasteiger partial charge in [-0.25, -0.2) is 9.59 Å². The molecule has 0 bridgehead atoms. The molecule has 1 amide bonds. The number of nitrogens with one attached hydrogen (secondary N) is 1. The highest BCUT2D eigenvalue weighted by Gasteiger charge is 2.53. The highest BCUT2D eigenvalue weighted by atomic mass is 16.6. The zero-order valence-corrected chi connectivity index (χ0v) is 16.0. The monoisotopic (exact) mass is 363 g/mol. The van der Waals surface area contributed by atoms with Gasteiger partial charge in [0.2, 0.25) is 0 Å². The molecule has 0 aliphatic heterocycles. The van der Waals surface area contributed by atoms with E-state index in [1.807, 2.05) is 30.3 Å². The van der Waals surface area contributed by atoms with Crippen LogP contribution in [-0.2, 0) is 25.6 Å². The number of rotatable bonds is 7. The van der Waals surface area contributed by atoms with E-state index in [0.717, 1.165) is 5.56 Å². The number of ether oxygens (including phenoxy) is 3. The lowest BCUT2D eigenvalue weighted by Crippen LogP contribution is -2.64. The van der Waals surface area contributed by atoms with Crippen LogP contribution in [0.25, 0.3) is 0 Å². The zero-order valence-electron chi connectivity index (χ0n) is 16.0. The Labute approximate surface area is 155 Å². The van der Waals surface area contributed by atoms with Gasteiger partial charge in [-0.05, 0) is 52.0 Å². The first-order valence-electron chi connectivity index (χ1n) is 9.04. The second-order valence-electron chi connectivity index (χ2n) is 7.70. The molecule has 1 aliphatic carbocycles. The van der Waals surface area contributed by atoms with Gasteiger partial charge in [-0.15, -0.1) is 0 Å². The largest absolute Gasteiger partial charge is 0.464 e. The molecule has 6 nitrogen and oxygen atoms in total. The third kappa shape index (κ3) is 5.73. The highest BCUT2D eigenvalue weighted by Crippen LogP contribution is 2.39. The fourth-order valence-electron chi connectivity index (χ4n) is 3.05. The fourth-order valence-corrected chi connectivity index (χ4v) is 3.05. The van der Waals surface area contributed by atoms with E-state index in [1.54, 1.807) is 27.7 Å². The Morgan fingerprint density at radius 1 is 1.19 bits per heavy atom. The van der Waals surface area contributed by atoms with E-state index in [-0.39, 0.29) is 12.5 Å². The lowest BCUT2D eigenvalue weighted by atomic mass is 9.68. The summed E-state index contributed by atoms with van der Waals surface area (Å²) in [6, 6.07) is 9.92. The van der Waals surface area contributed by atoms with Crippen LogP contribution in [0, 0.1) is 5.92 Å².